The lowest BCUT2D eigenvalue weighted by molar-refractivity contribution is 0.732. The Morgan fingerprint density at radius 3 is 2.47 bits per heavy atom. The Morgan fingerprint density at radius 1 is 0.941 bits per heavy atom. The summed E-state index contributed by atoms with van der Waals surface area (Å²) in [6.07, 6.45) is 1.68. The van der Waals surface area contributed by atoms with Gasteiger partial charge in [-0.1, -0.05) is 24.3 Å². The SMILES string of the molecule is C[C@H](Nc1nc(N)nc2cccnc12)c1nc2cccc(N(C)C)c2c(=O)n1-c1ccccc1. The Labute approximate surface area is 195 Å². The van der Waals surface area contributed by atoms with E-state index in [0.29, 0.717) is 33.6 Å². The van der Waals surface area contributed by atoms with Crippen molar-refractivity contribution in [1.82, 2.24) is 24.5 Å². The molecule has 5 aromatic rings. The van der Waals surface area contributed by atoms with Gasteiger partial charge in [-0.2, -0.15) is 4.98 Å². The average Bonchev–Trinajstić information content (AvgIpc) is 2.83. The van der Waals surface area contributed by atoms with Crippen LogP contribution in [0.25, 0.3) is 27.6 Å². The first-order valence-electron chi connectivity index (χ1n) is 10.9. The van der Waals surface area contributed by atoms with Crippen molar-refractivity contribution in [3.05, 3.63) is 83.0 Å². The van der Waals surface area contributed by atoms with Crippen LogP contribution in [0.2, 0.25) is 0 Å². The second-order valence-corrected chi connectivity index (χ2v) is 8.18. The Morgan fingerprint density at radius 2 is 1.71 bits per heavy atom. The van der Waals surface area contributed by atoms with Crippen LogP contribution in [0.5, 0.6) is 0 Å². The van der Waals surface area contributed by atoms with Crippen LogP contribution in [0.15, 0.2) is 71.7 Å². The lowest BCUT2D eigenvalue weighted by atomic mass is 10.1. The number of hydrogen-bond donors (Lipinski definition) is 2. The normalized spacial score (nSPS) is 12.1. The molecule has 0 amide bonds. The summed E-state index contributed by atoms with van der Waals surface area (Å²) in [6.45, 7) is 1.93. The largest absolute Gasteiger partial charge is 0.377 e. The van der Waals surface area contributed by atoms with Crippen molar-refractivity contribution in [2.24, 2.45) is 0 Å². The van der Waals surface area contributed by atoms with Gasteiger partial charge in [-0.3, -0.25) is 14.3 Å². The molecule has 1 atom stereocenters. The highest BCUT2D eigenvalue weighted by Crippen LogP contribution is 2.27. The summed E-state index contributed by atoms with van der Waals surface area (Å²) in [7, 11) is 3.83. The van der Waals surface area contributed by atoms with Gasteiger partial charge in [0.2, 0.25) is 5.95 Å². The number of anilines is 3. The van der Waals surface area contributed by atoms with E-state index in [0.717, 1.165) is 11.4 Å². The summed E-state index contributed by atoms with van der Waals surface area (Å²) in [5, 5.41) is 3.92. The summed E-state index contributed by atoms with van der Waals surface area (Å²) >= 11 is 0. The highest BCUT2D eigenvalue weighted by Gasteiger charge is 2.21. The maximum atomic E-state index is 13.9. The van der Waals surface area contributed by atoms with Gasteiger partial charge in [0.05, 0.1) is 33.8 Å². The lowest BCUT2D eigenvalue weighted by Gasteiger charge is -2.22. The molecule has 9 nitrogen and oxygen atoms in total. The number of nitrogen functional groups attached to an aromatic ring is 1. The second kappa shape index (κ2) is 8.43. The van der Waals surface area contributed by atoms with Crippen molar-refractivity contribution in [2.75, 3.05) is 30.0 Å². The van der Waals surface area contributed by atoms with Gasteiger partial charge in [0, 0.05) is 20.3 Å². The smallest absolute Gasteiger partial charge is 0.268 e. The van der Waals surface area contributed by atoms with Gasteiger partial charge in [0.15, 0.2) is 5.82 Å². The summed E-state index contributed by atoms with van der Waals surface area (Å²) in [6, 6.07) is 18.4. The van der Waals surface area contributed by atoms with Gasteiger partial charge < -0.3 is 16.0 Å². The van der Waals surface area contributed by atoms with Crippen molar-refractivity contribution in [2.45, 2.75) is 13.0 Å². The number of hydrogen-bond acceptors (Lipinski definition) is 8. The maximum Gasteiger partial charge on any atom is 0.268 e. The molecule has 0 spiro atoms. The summed E-state index contributed by atoms with van der Waals surface area (Å²) in [5.41, 5.74) is 9.18. The zero-order chi connectivity index (χ0) is 23.8. The third-order valence-electron chi connectivity index (χ3n) is 5.61. The van der Waals surface area contributed by atoms with Crippen LogP contribution in [-0.4, -0.2) is 38.6 Å². The zero-order valence-corrected chi connectivity index (χ0v) is 19.1. The summed E-state index contributed by atoms with van der Waals surface area (Å²) in [4.78, 5) is 33.8. The zero-order valence-electron chi connectivity index (χ0n) is 19.1. The van der Waals surface area contributed by atoms with E-state index < -0.39 is 6.04 Å². The molecule has 0 saturated carbocycles. The van der Waals surface area contributed by atoms with Crippen molar-refractivity contribution in [3.63, 3.8) is 0 Å². The standard InChI is InChI=1S/C25H24N8O/c1-15(28-22-21-18(12-8-14-27-21)30-25(26)31-22)23-29-17-11-7-13-19(32(2)3)20(17)24(34)33(23)16-9-5-4-6-10-16/h4-15H,1-3H3,(H3,26,28,30,31)/t15-/m0/s1. The Kier molecular flexibility index (Phi) is 5.29. The molecule has 170 valence electrons. The Bertz CT molecular complexity index is 1560. The van der Waals surface area contributed by atoms with Crippen molar-refractivity contribution in [3.8, 4) is 5.69 Å². The Balaban J connectivity index is 1.73. The third-order valence-corrected chi connectivity index (χ3v) is 5.61. The molecule has 0 radical (unpaired) electrons. The molecule has 2 aromatic carbocycles. The van der Waals surface area contributed by atoms with Crippen LogP contribution in [-0.2, 0) is 0 Å². The van der Waals surface area contributed by atoms with E-state index in [1.54, 1.807) is 16.8 Å². The first-order valence-corrected chi connectivity index (χ1v) is 10.9. The molecule has 0 aliphatic heterocycles. The van der Waals surface area contributed by atoms with E-state index in [2.05, 4.69) is 20.3 Å². The maximum absolute atomic E-state index is 13.9. The molecule has 9 heteroatoms. The van der Waals surface area contributed by atoms with Gasteiger partial charge in [-0.25, -0.2) is 9.97 Å². The van der Waals surface area contributed by atoms with Crippen molar-refractivity contribution in [1.29, 1.82) is 0 Å². The molecule has 3 N–H and O–H groups in total. The van der Waals surface area contributed by atoms with E-state index in [-0.39, 0.29) is 11.5 Å². The molecule has 34 heavy (non-hydrogen) atoms. The van der Waals surface area contributed by atoms with Crippen LogP contribution in [0.4, 0.5) is 17.5 Å². The number of benzene rings is 2. The third kappa shape index (κ3) is 3.66. The Hall–Kier alpha value is -4.53. The molecular weight excluding hydrogens is 428 g/mol. The average molecular weight is 453 g/mol. The van der Waals surface area contributed by atoms with Crippen LogP contribution in [0.1, 0.15) is 18.8 Å². The van der Waals surface area contributed by atoms with Crippen molar-refractivity contribution >= 4 is 39.4 Å². The van der Waals surface area contributed by atoms with Crippen molar-refractivity contribution < 1.29 is 0 Å². The van der Waals surface area contributed by atoms with Crippen LogP contribution >= 0.6 is 0 Å². The highest BCUT2D eigenvalue weighted by molar-refractivity contribution is 5.91. The highest BCUT2D eigenvalue weighted by atomic mass is 16.1. The molecule has 3 heterocycles. The molecule has 0 unspecified atom stereocenters. The van der Waals surface area contributed by atoms with E-state index in [9.17, 15) is 4.79 Å². The van der Waals surface area contributed by atoms with Crippen LogP contribution < -0.4 is 21.5 Å². The fraction of sp³-hybridized carbons (Fsp3) is 0.160. The fourth-order valence-electron chi connectivity index (χ4n) is 4.08. The topological polar surface area (TPSA) is 115 Å². The molecule has 0 fully saturated rings. The molecule has 0 saturated heterocycles. The molecule has 0 aliphatic rings. The quantitative estimate of drug-likeness (QED) is 0.416. The molecule has 3 aromatic heterocycles. The van der Waals surface area contributed by atoms with Gasteiger partial charge in [-0.05, 0) is 43.3 Å². The van der Waals surface area contributed by atoms with Gasteiger partial charge in [0.1, 0.15) is 11.3 Å². The summed E-state index contributed by atoms with van der Waals surface area (Å²) < 4.78 is 1.65. The molecule has 0 bridgehead atoms. The van der Waals surface area contributed by atoms with E-state index >= 15 is 0 Å². The number of nitrogens with one attached hydrogen (secondary N) is 1. The van der Waals surface area contributed by atoms with E-state index in [1.165, 1.54) is 0 Å². The minimum Gasteiger partial charge on any atom is -0.377 e. The first-order chi connectivity index (χ1) is 16.4. The lowest BCUT2D eigenvalue weighted by Crippen LogP contribution is -2.28. The minimum atomic E-state index is -0.403. The number of nitrogens with zero attached hydrogens (tertiary/aromatic N) is 6. The molecular formula is C25H24N8O. The van der Waals surface area contributed by atoms with Crippen LogP contribution in [0, 0.1) is 0 Å². The number of rotatable bonds is 5. The van der Waals surface area contributed by atoms with E-state index in [1.807, 2.05) is 80.5 Å². The van der Waals surface area contributed by atoms with Gasteiger partial charge in [-0.15, -0.1) is 0 Å². The van der Waals surface area contributed by atoms with Gasteiger partial charge in [0.25, 0.3) is 5.56 Å². The van der Waals surface area contributed by atoms with Crippen LogP contribution in [0.3, 0.4) is 0 Å². The number of pyridine rings is 1. The van der Waals surface area contributed by atoms with E-state index in [4.69, 9.17) is 10.7 Å². The monoisotopic (exact) mass is 452 g/mol. The van der Waals surface area contributed by atoms with Gasteiger partial charge >= 0.3 is 0 Å². The predicted octanol–water partition coefficient (Wildman–Crippen LogP) is 3.55. The second-order valence-electron chi connectivity index (χ2n) is 8.18. The number of nitrogens with two attached hydrogens (primary N) is 1. The first kappa shape index (κ1) is 21.3. The molecule has 0 aliphatic carbocycles. The fourth-order valence-corrected chi connectivity index (χ4v) is 4.08. The molecule has 5 rings (SSSR count). The number of fused-ring (bicyclic) bond motifs is 2. The predicted molar refractivity (Wildman–Crippen MR) is 135 cm³/mol. The summed E-state index contributed by atoms with van der Waals surface area (Å²) in [5.74, 6) is 1.16. The number of aromatic nitrogens is 5. The number of para-hydroxylation sites is 1. The minimum absolute atomic E-state index is 0.137.